The maximum Gasteiger partial charge on any atom is 0.115 e. The van der Waals surface area contributed by atoms with Crippen molar-refractivity contribution in [1.29, 1.82) is 0 Å². The lowest BCUT2D eigenvalue weighted by atomic mass is 9.96. The number of allylic oxidation sites excluding steroid dienone is 4. The third kappa shape index (κ3) is 3.51. The number of aryl methyl sites for hydroxylation is 2. The highest BCUT2D eigenvalue weighted by atomic mass is 14.8. The van der Waals surface area contributed by atoms with E-state index >= 15 is 0 Å². The smallest absolute Gasteiger partial charge is 0.115 e. The second-order valence-corrected chi connectivity index (χ2v) is 6.12. The van der Waals surface area contributed by atoms with Crippen LogP contribution in [0, 0.1) is 13.8 Å². The fraction of sp³-hybridized carbons (Fsp3) is 0.286. The van der Waals surface area contributed by atoms with Crippen LogP contribution in [0.25, 0.3) is 0 Å². The van der Waals surface area contributed by atoms with E-state index in [4.69, 9.17) is 0 Å². The second-order valence-electron chi connectivity index (χ2n) is 6.12. The van der Waals surface area contributed by atoms with Crippen molar-refractivity contribution < 1.29 is 0 Å². The van der Waals surface area contributed by atoms with Gasteiger partial charge in [-0.2, -0.15) is 0 Å². The Bertz CT molecular complexity index is 791. The fourth-order valence-electron chi connectivity index (χ4n) is 3.14. The van der Waals surface area contributed by atoms with Crippen LogP contribution in [0.2, 0.25) is 0 Å². The second kappa shape index (κ2) is 7.35. The van der Waals surface area contributed by atoms with Gasteiger partial charge in [-0.3, -0.25) is 4.99 Å². The molecule has 2 aromatic rings. The van der Waals surface area contributed by atoms with E-state index < -0.39 is 0 Å². The zero-order valence-electron chi connectivity index (χ0n) is 14.6. The number of hydrogen-bond donors (Lipinski definition) is 0. The summed E-state index contributed by atoms with van der Waals surface area (Å²) in [4.78, 5) is 13.2. The molecule has 1 aliphatic rings. The maximum absolute atomic E-state index is 4.51. The Hall–Kier alpha value is -2.55. The Morgan fingerprint density at radius 3 is 2.33 bits per heavy atom. The van der Waals surface area contributed by atoms with Gasteiger partial charge >= 0.3 is 0 Å². The van der Waals surface area contributed by atoms with E-state index in [-0.39, 0.29) is 0 Å². The van der Waals surface area contributed by atoms with Gasteiger partial charge in [0, 0.05) is 18.2 Å². The summed E-state index contributed by atoms with van der Waals surface area (Å²) in [6, 6.07) is 8.68. The molecule has 122 valence electrons. The Labute approximate surface area is 143 Å². The average Bonchev–Trinajstić information content (AvgIpc) is 2.60. The molecule has 3 heteroatoms. The van der Waals surface area contributed by atoms with E-state index in [1.807, 2.05) is 20.9 Å². The number of hydrogen-bond acceptors (Lipinski definition) is 3. The summed E-state index contributed by atoms with van der Waals surface area (Å²) in [6.07, 6.45) is 11.7. The van der Waals surface area contributed by atoms with Gasteiger partial charge < -0.3 is 0 Å². The van der Waals surface area contributed by atoms with Crippen LogP contribution in [0.5, 0.6) is 0 Å². The normalized spacial score (nSPS) is 14.6. The summed E-state index contributed by atoms with van der Waals surface area (Å²) >= 11 is 0. The molecule has 1 aromatic carbocycles. The molecule has 0 amide bonds. The van der Waals surface area contributed by atoms with Crippen LogP contribution in [0.1, 0.15) is 40.9 Å². The summed E-state index contributed by atoms with van der Waals surface area (Å²) in [5.74, 6) is 0. The Morgan fingerprint density at radius 1 is 1.04 bits per heavy atom. The van der Waals surface area contributed by atoms with Crippen LogP contribution in [-0.2, 0) is 6.42 Å². The molecule has 1 aliphatic carbocycles. The van der Waals surface area contributed by atoms with Crippen molar-refractivity contribution in [3.05, 3.63) is 82.5 Å². The molecule has 1 aromatic heterocycles. The van der Waals surface area contributed by atoms with Crippen molar-refractivity contribution in [1.82, 2.24) is 9.97 Å². The zero-order valence-corrected chi connectivity index (χ0v) is 14.6. The molecule has 0 N–H and O–H groups in total. The lowest BCUT2D eigenvalue weighted by molar-refractivity contribution is 0.994. The van der Waals surface area contributed by atoms with Crippen LogP contribution >= 0.6 is 0 Å². The molecule has 3 nitrogen and oxygen atoms in total. The van der Waals surface area contributed by atoms with Crippen LogP contribution in [-0.4, -0.2) is 22.7 Å². The van der Waals surface area contributed by atoms with Crippen LogP contribution in [0.3, 0.4) is 0 Å². The van der Waals surface area contributed by atoms with E-state index in [2.05, 4.69) is 57.5 Å². The fourth-order valence-corrected chi connectivity index (χ4v) is 3.14. The standard InChI is InChI=1S/C21H23N3/c1-15-20(16(2)24-14-23-15)21(22-3)19-11-9-18(10-12-19)13-17-7-5-4-6-8-17/h5,7-12,14H,4,6,13H2,1-3H3/b22-21-. The summed E-state index contributed by atoms with van der Waals surface area (Å²) in [5.41, 5.74) is 7.75. The largest absolute Gasteiger partial charge is 0.287 e. The van der Waals surface area contributed by atoms with E-state index in [9.17, 15) is 0 Å². The highest BCUT2D eigenvalue weighted by molar-refractivity contribution is 6.14. The third-order valence-electron chi connectivity index (χ3n) is 4.39. The minimum atomic E-state index is 0.953. The first kappa shape index (κ1) is 16.3. The number of nitrogens with zero attached hydrogens (tertiary/aromatic N) is 3. The molecule has 0 saturated heterocycles. The third-order valence-corrected chi connectivity index (χ3v) is 4.39. The molecule has 0 radical (unpaired) electrons. The van der Waals surface area contributed by atoms with Crippen molar-refractivity contribution in [2.24, 2.45) is 4.99 Å². The maximum atomic E-state index is 4.51. The predicted octanol–water partition coefficient (Wildman–Crippen LogP) is 4.38. The summed E-state index contributed by atoms with van der Waals surface area (Å²) in [7, 11) is 1.83. The van der Waals surface area contributed by atoms with Gasteiger partial charge in [0.2, 0.25) is 0 Å². The highest BCUT2D eigenvalue weighted by Crippen LogP contribution is 2.19. The van der Waals surface area contributed by atoms with Gasteiger partial charge in [-0.25, -0.2) is 9.97 Å². The molecule has 0 atom stereocenters. The molecule has 24 heavy (non-hydrogen) atoms. The number of aromatic nitrogens is 2. The van der Waals surface area contributed by atoms with Crippen LogP contribution in [0.15, 0.2) is 59.4 Å². The average molecular weight is 317 g/mol. The molecular weight excluding hydrogens is 294 g/mol. The van der Waals surface area contributed by atoms with Crippen molar-refractivity contribution in [2.75, 3.05) is 7.05 Å². The molecule has 0 fully saturated rings. The molecule has 1 heterocycles. The van der Waals surface area contributed by atoms with Crippen molar-refractivity contribution >= 4 is 5.71 Å². The van der Waals surface area contributed by atoms with Crippen LogP contribution in [0.4, 0.5) is 0 Å². The molecule has 0 unspecified atom stereocenters. The monoisotopic (exact) mass is 317 g/mol. The number of aliphatic imine (C=N–C) groups is 1. The van der Waals surface area contributed by atoms with E-state index in [0.717, 1.165) is 47.5 Å². The number of benzene rings is 1. The molecular formula is C21H23N3. The summed E-state index contributed by atoms with van der Waals surface area (Å²) in [5, 5.41) is 0. The van der Waals surface area contributed by atoms with Gasteiger partial charge in [0.15, 0.2) is 0 Å². The first-order chi connectivity index (χ1) is 11.7. The first-order valence-corrected chi connectivity index (χ1v) is 8.39. The first-order valence-electron chi connectivity index (χ1n) is 8.39. The van der Waals surface area contributed by atoms with E-state index in [1.165, 1.54) is 11.1 Å². The lowest BCUT2D eigenvalue weighted by Gasteiger charge is -2.12. The summed E-state index contributed by atoms with van der Waals surface area (Å²) in [6.45, 7) is 4.01. The molecule has 0 aliphatic heterocycles. The van der Waals surface area contributed by atoms with Gasteiger partial charge in [0.1, 0.15) is 6.33 Å². The Kier molecular flexibility index (Phi) is 4.99. The predicted molar refractivity (Wildman–Crippen MR) is 99.7 cm³/mol. The zero-order chi connectivity index (χ0) is 16.9. The molecule has 0 bridgehead atoms. The molecule has 0 spiro atoms. The minimum Gasteiger partial charge on any atom is -0.287 e. The topological polar surface area (TPSA) is 38.1 Å². The Morgan fingerprint density at radius 2 is 1.75 bits per heavy atom. The van der Waals surface area contributed by atoms with Crippen LogP contribution < -0.4 is 0 Å². The Balaban J connectivity index is 1.86. The lowest BCUT2D eigenvalue weighted by Crippen LogP contribution is -2.10. The van der Waals surface area contributed by atoms with Gasteiger partial charge in [0.25, 0.3) is 0 Å². The van der Waals surface area contributed by atoms with Crippen molar-refractivity contribution in [3.8, 4) is 0 Å². The number of rotatable bonds is 4. The van der Waals surface area contributed by atoms with Gasteiger partial charge in [-0.15, -0.1) is 0 Å². The molecule has 3 rings (SSSR count). The molecule has 0 saturated carbocycles. The van der Waals surface area contributed by atoms with Gasteiger partial charge in [-0.05, 0) is 44.2 Å². The van der Waals surface area contributed by atoms with Gasteiger partial charge in [0.05, 0.1) is 17.1 Å². The SMILES string of the molecule is C/N=C(/c1ccc(CC2=CCCC=C2)cc1)c1c(C)ncnc1C. The summed E-state index contributed by atoms with van der Waals surface area (Å²) < 4.78 is 0. The van der Waals surface area contributed by atoms with Crippen molar-refractivity contribution in [3.63, 3.8) is 0 Å². The van der Waals surface area contributed by atoms with E-state index in [1.54, 1.807) is 6.33 Å². The quantitative estimate of drug-likeness (QED) is 0.785. The van der Waals surface area contributed by atoms with Crippen molar-refractivity contribution in [2.45, 2.75) is 33.1 Å². The minimum absolute atomic E-state index is 0.953. The highest BCUT2D eigenvalue weighted by Gasteiger charge is 2.13. The van der Waals surface area contributed by atoms with E-state index in [0.29, 0.717) is 0 Å². The van der Waals surface area contributed by atoms with Gasteiger partial charge in [-0.1, -0.05) is 42.5 Å².